The van der Waals surface area contributed by atoms with Crippen LogP contribution >= 0.6 is 11.3 Å². The fourth-order valence-corrected chi connectivity index (χ4v) is 2.11. The van der Waals surface area contributed by atoms with Gasteiger partial charge in [0.1, 0.15) is 4.88 Å². The molecule has 0 saturated heterocycles. The zero-order valence-corrected chi connectivity index (χ0v) is 9.63. The van der Waals surface area contributed by atoms with Crippen LogP contribution in [-0.2, 0) is 4.79 Å². The molecule has 16 heavy (non-hydrogen) atoms. The maximum absolute atomic E-state index is 11.6. The number of rotatable bonds is 4. The third-order valence-corrected chi connectivity index (χ3v) is 3.65. The molecule has 0 radical (unpaired) electrons. The molecule has 0 bridgehead atoms. The molecule has 0 aromatic carbocycles. The average molecular weight is 240 g/mol. The second-order valence-corrected chi connectivity index (χ2v) is 5.25. The quantitative estimate of drug-likeness (QED) is 0.824. The lowest BCUT2D eigenvalue weighted by molar-refractivity contribution is -0.143. The summed E-state index contributed by atoms with van der Waals surface area (Å²) in [7, 11) is 0. The molecule has 1 amide bonds. The van der Waals surface area contributed by atoms with Crippen LogP contribution < -0.4 is 5.32 Å². The molecule has 1 aromatic heterocycles. The lowest BCUT2D eigenvalue weighted by Crippen LogP contribution is -2.33. The number of nitrogens with one attached hydrogen (secondary N) is 1. The van der Waals surface area contributed by atoms with Gasteiger partial charge in [-0.15, -0.1) is 11.3 Å². The largest absolute Gasteiger partial charge is 0.481 e. The Hall–Kier alpha value is -1.43. The van der Waals surface area contributed by atoms with Crippen molar-refractivity contribution in [2.24, 2.45) is 5.41 Å². The molecule has 0 unspecified atom stereocenters. The van der Waals surface area contributed by atoms with Gasteiger partial charge in [-0.25, -0.2) is 4.98 Å². The summed E-state index contributed by atoms with van der Waals surface area (Å²) in [6.07, 6.45) is 2.80. The SMILES string of the molecule is Cc1ncc(C(=O)NCC2(C(=O)O)CC2)s1. The normalized spacial score (nSPS) is 16.8. The summed E-state index contributed by atoms with van der Waals surface area (Å²) in [5, 5.41) is 12.4. The first-order valence-electron chi connectivity index (χ1n) is 4.97. The van der Waals surface area contributed by atoms with Crippen LogP contribution in [0, 0.1) is 12.3 Å². The molecule has 1 fully saturated rings. The number of hydrogen-bond acceptors (Lipinski definition) is 4. The van der Waals surface area contributed by atoms with Gasteiger partial charge in [0.25, 0.3) is 5.91 Å². The van der Waals surface area contributed by atoms with Crippen LogP contribution in [-0.4, -0.2) is 28.5 Å². The van der Waals surface area contributed by atoms with Crippen LogP contribution in [0.4, 0.5) is 0 Å². The molecule has 5 nitrogen and oxygen atoms in total. The van der Waals surface area contributed by atoms with Crippen molar-refractivity contribution >= 4 is 23.2 Å². The van der Waals surface area contributed by atoms with E-state index in [1.54, 1.807) is 0 Å². The van der Waals surface area contributed by atoms with Crippen molar-refractivity contribution < 1.29 is 14.7 Å². The lowest BCUT2D eigenvalue weighted by Gasteiger charge is -2.09. The Balaban J connectivity index is 1.92. The van der Waals surface area contributed by atoms with Crippen LogP contribution in [0.5, 0.6) is 0 Å². The molecule has 2 N–H and O–H groups in total. The number of carbonyl (C=O) groups is 2. The number of aromatic nitrogens is 1. The number of nitrogens with zero attached hydrogens (tertiary/aromatic N) is 1. The molecule has 6 heteroatoms. The van der Waals surface area contributed by atoms with E-state index in [0.29, 0.717) is 17.7 Å². The maximum Gasteiger partial charge on any atom is 0.311 e. The zero-order valence-electron chi connectivity index (χ0n) is 8.82. The van der Waals surface area contributed by atoms with Crippen molar-refractivity contribution in [3.05, 3.63) is 16.1 Å². The van der Waals surface area contributed by atoms with Gasteiger partial charge in [-0.2, -0.15) is 0 Å². The number of carboxylic acids is 1. The maximum atomic E-state index is 11.6. The Morgan fingerprint density at radius 3 is 2.75 bits per heavy atom. The van der Waals surface area contributed by atoms with E-state index < -0.39 is 11.4 Å². The van der Waals surface area contributed by atoms with Crippen LogP contribution in [0.2, 0.25) is 0 Å². The number of aryl methyl sites for hydroxylation is 1. The standard InChI is InChI=1S/C10H12N2O3S/c1-6-11-4-7(16-6)8(13)12-5-10(2-3-10)9(14)15/h4H,2-3,5H2,1H3,(H,12,13)(H,14,15). The Bertz CT molecular complexity index is 437. The molecule has 1 heterocycles. The van der Waals surface area contributed by atoms with E-state index >= 15 is 0 Å². The predicted molar refractivity (Wildman–Crippen MR) is 58.5 cm³/mol. The highest BCUT2D eigenvalue weighted by atomic mass is 32.1. The summed E-state index contributed by atoms with van der Waals surface area (Å²) in [6.45, 7) is 2.03. The fraction of sp³-hybridized carbons (Fsp3) is 0.500. The minimum atomic E-state index is -0.826. The highest BCUT2D eigenvalue weighted by molar-refractivity contribution is 7.13. The van der Waals surface area contributed by atoms with Gasteiger partial charge in [-0.05, 0) is 19.8 Å². The number of aliphatic carboxylic acids is 1. The molecular formula is C10H12N2O3S. The van der Waals surface area contributed by atoms with Gasteiger partial charge in [-0.1, -0.05) is 0 Å². The number of thiazole rings is 1. The van der Waals surface area contributed by atoms with E-state index in [1.165, 1.54) is 17.5 Å². The van der Waals surface area contributed by atoms with Crippen molar-refractivity contribution in [3.8, 4) is 0 Å². The molecule has 1 aliphatic rings. The van der Waals surface area contributed by atoms with E-state index in [2.05, 4.69) is 10.3 Å². The summed E-state index contributed by atoms with van der Waals surface area (Å²) in [6, 6.07) is 0. The van der Waals surface area contributed by atoms with Crippen molar-refractivity contribution in [2.45, 2.75) is 19.8 Å². The Labute approximate surface area is 96.5 Å². The smallest absolute Gasteiger partial charge is 0.311 e. The molecule has 0 atom stereocenters. The molecule has 1 saturated carbocycles. The molecule has 2 rings (SSSR count). The summed E-state index contributed by atoms with van der Waals surface area (Å²) < 4.78 is 0. The van der Waals surface area contributed by atoms with E-state index in [1.807, 2.05) is 6.92 Å². The first kappa shape index (κ1) is 11.1. The summed E-state index contributed by atoms with van der Waals surface area (Å²) in [5.41, 5.74) is -0.713. The highest BCUT2D eigenvalue weighted by Crippen LogP contribution is 2.45. The molecule has 86 valence electrons. The van der Waals surface area contributed by atoms with E-state index in [4.69, 9.17) is 5.11 Å². The highest BCUT2D eigenvalue weighted by Gasteiger charge is 2.50. The van der Waals surface area contributed by atoms with Gasteiger partial charge in [0, 0.05) is 6.54 Å². The summed E-state index contributed by atoms with van der Waals surface area (Å²) in [4.78, 5) is 27.0. The van der Waals surface area contributed by atoms with Gasteiger partial charge in [0.2, 0.25) is 0 Å². The van der Waals surface area contributed by atoms with Crippen LogP contribution in [0.3, 0.4) is 0 Å². The zero-order chi connectivity index (χ0) is 11.8. The number of hydrogen-bond donors (Lipinski definition) is 2. The first-order chi connectivity index (χ1) is 7.53. The van der Waals surface area contributed by atoms with E-state index in [9.17, 15) is 9.59 Å². The van der Waals surface area contributed by atoms with E-state index in [0.717, 1.165) is 5.01 Å². The Morgan fingerprint density at radius 1 is 1.62 bits per heavy atom. The van der Waals surface area contributed by atoms with Gasteiger partial charge in [-0.3, -0.25) is 9.59 Å². The second-order valence-electron chi connectivity index (χ2n) is 4.01. The number of amides is 1. The minimum Gasteiger partial charge on any atom is -0.481 e. The van der Waals surface area contributed by atoms with Gasteiger partial charge in [0.15, 0.2) is 0 Å². The van der Waals surface area contributed by atoms with Crippen molar-refractivity contribution in [1.82, 2.24) is 10.3 Å². The third-order valence-electron chi connectivity index (χ3n) is 2.74. The van der Waals surface area contributed by atoms with Crippen LogP contribution in [0.1, 0.15) is 27.5 Å². The van der Waals surface area contributed by atoms with Crippen molar-refractivity contribution in [1.29, 1.82) is 0 Å². The van der Waals surface area contributed by atoms with Crippen LogP contribution in [0.15, 0.2) is 6.20 Å². The Kier molecular flexibility index (Phi) is 2.67. The molecule has 0 spiro atoms. The number of carbonyl (C=O) groups excluding carboxylic acids is 1. The second kappa shape index (κ2) is 3.86. The fourth-order valence-electron chi connectivity index (χ4n) is 1.42. The van der Waals surface area contributed by atoms with Crippen LogP contribution in [0.25, 0.3) is 0 Å². The third kappa shape index (κ3) is 2.06. The summed E-state index contributed by atoms with van der Waals surface area (Å²) in [5.74, 6) is -1.06. The van der Waals surface area contributed by atoms with Crippen molar-refractivity contribution in [2.75, 3.05) is 6.54 Å². The molecule has 0 aliphatic heterocycles. The van der Waals surface area contributed by atoms with Gasteiger partial charge in [0.05, 0.1) is 16.6 Å². The topological polar surface area (TPSA) is 79.3 Å². The molecule has 1 aliphatic carbocycles. The average Bonchev–Trinajstić information content (AvgIpc) is 2.92. The summed E-state index contributed by atoms with van der Waals surface area (Å²) >= 11 is 1.30. The predicted octanol–water partition coefficient (Wildman–Crippen LogP) is 1.05. The minimum absolute atomic E-state index is 0.206. The van der Waals surface area contributed by atoms with Crippen molar-refractivity contribution in [3.63, 3.8) is 0 Å². The monoisotopic (exact) mass is 240 g/mol. The Morgan fingerprint density at radius 2 is 2.31 bits per heavy atom. The molecular weight excluding hydrogens is 228 g/mol. The van der Waals surface area contributed by atoms with E-state index in [-0.39, 0.29) is 12.5 Å². The number of carboxylic acid groups (broad SMARTS) is 1. The van der Waals surface area contributed by atoms with Gasteiger partial charge >= 0.3 is 5.97 Å². The first-order valence-corrected chi connectivity index (χ1v) is 5.79. The van der Waals surface area contributed by atoms with Gasteiger partial charge < -0.3 is 10.4 Å². The lowest BCUT2D eigenvalue weighted by atomic mass is 10.1. The molecule has 1 aromatic rings.